The van der Waals surface area contributed by atoms with Crippen LogP contribution in [0.3, 0.4) is 0 Å². The van der Waals surface area contributed by atoms with E-state index >= 15 is 0 Å². The first-order valence-electron chi connectivity index (χ1n) is 6.25. The Morgan fingerprint density at radius 2 is 1.94 bits per heavy atom. The molecule has 0 spiro atoms. The Kier molecular flexibility index (Phi) is 5.86. The minimum Gasteiger partial charge on any atom is -0.0911 e. The molecule has 0 aliphatic rings. The van der Waals surface area contributed by atoms with Gasteiger partial charge < -0.3 is 0 Å². The van der Waals surface area contributed by atoms with E-state index in [1.54, 1.807) is 0 Å². The second-order valence-electron chi connectivity index (χ2n) is 4.79. The maximum absolute atomic E-state index is 4.16. The summed E-state index contributed by atoms with van der Waals surface area (Å²) in [5, 5.41) is 0. The summed E-state index contributed by atoms with van der Waals surface area (Å²) in [5.74, 6) is 0.552. The minimum atomic E-state index is 0.552. The molecule has 0 N–H and O–H groups in total. The lowest BCUT2D eigenvalue weighted by Gasteiger charge is -2.08. The molecule has 0 bridgehead atoms. The molecule has 0 heterocycles. The van der Waals surface area contributed by atoms with Crippen molar-refractivity contribution < 1.29 is 0 Å². The Morgan fingerprint density at radius 1 is 1.28 bits per heavy atom. The molecule has 0 radical (unpaired) electrons. The maximum atomic E-state index is 4.16. The fourth-order valence-corrected chi connectivity index (χ4v) is 2.81. The lowest BCUT2D eigenvalue weighted by molar-refractivity contribution is 0.790. The zero-order chi connectivity index (χ0) is 13.7. The summed E-state index contributed by atoms with van der Waals surface area (Å²) in [6.07, 6.45) is 6.44. The SMILES string of the molecule is C=C(/C=C\C(=C/C)C(C)C)c1ccc(C)cc1I. The number of benzene rings is 1. The molecular weight excluding hydrogens is 331 g/mol. The number of aryl methyl sites for hydroxylation is 1. The summed E-state index contributed by atoms with van der Waals surface area (Å²) in [4.78, 5) is 0. The largest absolute Gasteiger partial charge is 0.0911 e. The lowest BCUT2D eigenvalue weighted by Crippen LogP contribution is -1.90. The summed E-state index contributed by atoms with van der Waals surface area (Å²) in [6, 6.07) is 6.47. The second-order valence-corrected chi connectivity index (χ2v) is 5.95. The highest BCUT2D eigenvalue weighted by atomic mass is 127. The van der Waals surface area contributed by atoms with Gasteiger partial charge in [-0.1, -0.05) is 56.4 Å². The lowest BCUT2D eigenvalue weighted by atomic mass is 10.00. The van der Waals surface area contributed by atoms with Crippen LogP contribution in [-0.4, -0.2) is 0 Å². The van der Waals surface area contributed by atoms with Crippen molar-refractivity contribution in [2.45, 2.75) is 27.7 Å². The molecule has 0 aliphatic carbocycles. The summed E-state index contributed by atoms with van der Waals surface area (Å²) < 4.78 is 1.26. The molecule has 18 heavy (non-hydrogen) atoms. The van der Waals surface area contributed by atoms with E-state index in [2.05, 4.69) is 93.3 Å². The molecule has 0 aromatic heterocycles. The highest BCUT2D eigenvalue weighted by molar-refractivity contribution is 14.1. The molecular formula is C17H21I. The van der Waals surface area contributed by atoms with Gasteiger partial charge >= 0.3 is 0 Å². The standard InChI is InChI=1S/C17H21I/c1-6-15(12(2)3)9-8-14(5)16-10-7-13(4)11-17(16)18/h6-12H,5H2,1-4H3/b9-8-,15-6+. The van der Waals surface area contributed by atoms with Crippen LogP contribution in [0.25, 0.3) is 5.57 Å². The van der Waals surface area contributed by atoms with Gasteiger partial charge in [0, 0.05) is 3.57 Å². The third-order valence-electron chi connectivity index (χ3n) is 2.95. The molecule has 0 amide bonds. The van der Waals surface area contributed by atoms with E-state index in [1.165, 1.54) is 20.3 Å². The Morgan fingerprint density at radius 3 is 2.44 bits per heavy atom. The van der Waals surface area contributed by atoms with Crippen LogP contribution in [0.2, 0.25) is 0 Å². The summed E-state index contributed by atoms with van der Waals surface area (Å²) >= 11 is 2.37. The number of allylic oxidation sites excluding steroid dienone is 5. The summed E-state index contributed by atoms with van der Waals surface area (Å²) in [6.45, 7) is 12.8. The second kappa shape index (κ2) is 6.93. The molecule has 0 saturated heterocycles. The number of halogens is 1. The predicted octanol–water partition coefficient (Wildman–Crippen LogP) is 5.77. The van der Waals surface area contributed by atoms with Gasteiger partial charge in [-0.15, -0.1) is 0 Å². The van der Waals surface area contributed by atoms with Crippen LogP contribution >= 0.6 is 22.6 Å². The van der Waals surface area contributed by atoms with Crippen molar-refractivity contribution in [2.75, 3.05) is 0 Å². The summed E-state index contributed by atoms with van der Waals surface area (Å²) in [7, 11) is 0. The zero-order valence-corrected chi connectivity index (χ0v) is 13.8. The predicted molar refractivity (Wildman–Crippen MR) is 90.7 cm³/mol. The fraction of sp³-hybridized carbons (Fsp3) is 0.294. The molecule has 0 unspecified atom stereocenters. The molecule has 0 fully saturated rings. The maximum Gasteiger partial charge on any atom is 0.0211 e. The van der Waals surface area contributed by atoms with Gasteiger partial charge in [-0.2, -0.15) is 0 Å². The Hall–Kier alpha value is -0.830. The number of hydrogen-bond acceptors (Lipinski definition) is 0. The highest BCUT2D eigenvalue weighted by Gasteiger charge is 2.02. The first kappa shape index (κ1) is 15.2. The van der Waals surface area contributed by atoms with E-state index in [1.807, 2.05) is 0 Å². The minimum absolute atomic E-state index is 0.552. The first-order valence-corrected chi connectivity index (χ1v) is 7.33. The normalized spacial score (nSPS) is 12.4. The van der Waals surface area contributed by atoms with E-state index in [9.17, 15) is 0 Å². The molecule has 1 aromatic rings. The molecule has 0 saturated carbocycles. The molecule has 1 rings (SSSR count). The van der Waals surface area contributed by atoms with Gasteiger partial charge in [0.1, 0.15) is 0 Å². The third-order valence-corrected chi connectivity index (χ3v) is 3.84. The molecule has 1 heteroatoms. The van der Waals surface area contributed by atoms with Crippen LogP contribution in [0.5, 0.6) is 0 Å². The Bertz CT molecular complexity index is 490. The quantitative estimate of drug-likeness (QED) is 0.477. The Labute approximate surface area is 125 Å². The van der Waals surface area contributed by atoms with E-state index < -0.39 is 0 Å². The molecule has 1 aromatic carbocycles. The van der Waals surface area contributed by atoms with Gasteiger partial charge in [0.05, 0.1) is 0 Å². The van der Waals surface area contributed by atoms with Crippen molar-refractivity contribution in [1.29, 1.82) is 0 Å². The van der Waals surface area contributed by atoms with Gasteiger partial charge in [0.2, 0.25) is 0 Å². The smallest absolute Gasteiger partial charge is 0.0211 e. The molecule has 0 nitrogen and oxygen atoms in total. The Balaban J connectivity index is 2.92. The fourth-order valence-electron chi connectivity index (χ4n) is 1.79. The van der Waals surface area contributed by atoms with Crippen LogP contribution < -0.4 is 0 Å². The monoisotopic (exact) mass is 352 g/mol. The van der Waals surface area contributed by atoms with Crippen molar-refractivity contribution >= 4 is 28.2 Å². The average molecular weight is 352 g/mol. The van der Waals surface area contributed by atoms with Crippen molar-refractivity contribution in [3.05, 3.63) is 63.3 Å². The first-order chi connectivity index (χ1) is 8.45. The van der Waals surface area contributed by atoms with E-state index in [4.69, 9.17) is 0 Å². The van der Waals surface area contributed by atoms with Crippen LogP contribution in [0.1, 0.15) is 31.9 Å². The van der Waals surface area contributed by atoms with Crippen molar-refractivity contribution in [3.63, 3.8) is 0 Å². The van der Waals surface area contributed by atoms with Gasteiger partial charge in [-0.05, 0) is 65.1 Å². The summed E-state index contributed by atoms with van der Waals surface area (Å²) in [5.41, 5.74) is 4.92. The number of rotatable bonds is 4. The third kappa shape index (κ3) is 4.13. The van der Waals surface area contributed by atoms with E-state index in [0.717, 1.165) is 5.57 Å². The highest BCUT2D eigenvalue weighted by Crippen LogP contribution is 2.23. The van der Waals surface area contributed by atoms with Gasteiger partial charge in [0.15, 0.2) is 0 Å². The van der Waals surface area contributed by atoms with E-state index in [-0.39, 0.29) is 0 Å². The van der Waals surface area contributed by atoms with Crippen LogP contribution in [0, 0.1) is 16.4 Å². The van der Waals surface area contributed by atoms with Crippen molar-refractivity contribution in [2.24, 2.45) is 5.92 Å². The molecule has 96 valence electrons. The topological polar surface area (TPSA) is 0 Å². The zero-order valence-electron chi connectivity index (χ0n) is 11.6. The van der Waals surface area contributed by atoms with Crippen molar-refractivity contribution in [3.8, 4) is 0 Å². The van der Waals surface area contributed by atoms with Crippen LogP contribution in [-0.2, 0) is 0 Å². The molecule has 0 aliphatic heterocycles. The number of hydrogen-bond donors (Lipinski definition) is 0. The van der Waals surface area contributed by atoms with Gasteiger partial charge in [-0.25, -0.2) is 0 Å². The van der Waals surface area contributed by atoms with E-state index in [0.29, 0.717) is 5.92 Å². The van der Waals surface area contributed by atoms with Crippen molar-refractivity contribution in [1.82, 2.24) is 0 Å². The van der Waals surface area contributed by atoms with Crippen LogP contribution in [0.4, 0.5) is 0 Å². The van der Waals surface area contributed by atoms with Gasteiger partial charge in [0.25, 0.3) is 0 Å². The molecule has 0 atom stereocenters. The van der Waals surface area contributed by atoms with Crippen LogP contribution in [0.15, 0.2) is 48.6 Å². The average Bonchev–Trinajstić information content (AvgIpc) is 2.28. The van der Waals surface area contributed by atoms with Gasteiger partial charge in [-0.3, -0.25) is 0 Å².